The van der Waals surface area contributed by atoms with E-state index in [4.69, 9.17) is 9.84 Å². The van der Waals surface area contributed by atoms with E-state index >= 15 is 0 Å². The van der Waals surface area contributed by atoms with Gasteiger partial charge in [-0.2, -0.15) is 11.8 Å². The molecule has 0 aliphatic heterocycles. The van der Waals surface area contributed by atoms with Crippen LogP contribution in [0.1, 0.15) is 19.3 Å². The van der Waals surface area contributed by atoms with Gasteiger partial charge < -0.3 is 19.7 Å². The SMILES string of the molecule is O=C([O-])CCSCCCOCCCO. The molecule has 0 aromatic carbocycles. The van der Waals surface area contributed by atoms with E-state index in [2.05, 4.69) is 0 Å². The molecule has 0 aliphatic rings. The molecule has 0 bridgehead atoms. The quantitative estimate of drug-likeness (QED) is 0.511. The summed E-state index contributed by atoms with van der Waals surface area (Å²) in [6.07, 6.45) is 1.72. The van der Waals surface area contributed by atoms with Gasteiger partial charge in [0.1, 0.15) is 0 Å². The summed E-state index contributed by atoms with van der Waals surface area (Å²) in [7, 11) is 0. The lowest BCUT2D eigenvalue weighted by molar-refractivity contribution is -0.305. The summed E-state index contributed by atoms with van der Waals surface area (Å²) >= 11 is 1.60. The second-order valence-electron chi connectivity index (χ2n) is 2.78. The number of hydrogen-bond donors (Lipinski definition) is 1. The average Bonchev–Trinajstić information content (AvgIpc) is 2.15. The molecule has 0 saturated heterocycles. The average molecular weight is 221 g/mol. The highest BCUT2D eigenvalue weighted by Crippen LogP contribution is 2.03. The number of ether oxygens (including phenoxy) is 1. The predicted molar refractivity (Wildman–Crippen MR) is 54.1 cm³/mol. The van der Waals surface area contributed by atoms with Gasteiger partial charge in [-0.1, -0.05) is 0 Å². The first kappa shape index (κ1) is 13.7. The fourth-order valence-electron chi connectivity index (χ4n) is 0.789. The molecular formula is C9H17O4S-. The van der Waals surface area contributed by atoms with Crippen LogP contribution < -0.4 is 5.11 Å². The molecule has 0 rings (SSSR count). The van der Waals surface area contributed by atoms with Gasteiger partial charge in [0.25, 0.3) is 0 Å². The molecule has 0 aliphatic carbocycles. The largest absolute Gasteiger partial charge is 0.550 e. The van der Waals surface area contributed by atoms with Gasteiger partial charge in [0.05, 0.1) is 0 Å². The molecule has 0 atom stereocenters. The van der Waals surface area contributed by atoms with Crippen LogP contribution in [-0.4, -0.2) is 42.4 Å². The Morgan fingerprint density at radius 1 is 1.29 bits per heavy atom. The minimum absolute atomic E-state index is 0.121. The smallest absolute Gasteiger partial charge is 0.0487 e. The van der Waals surface area contributed by atoms with Crippen molar-refractivity contribution in [1.82, 2.24) is 0 Å². The molecule has 0 heterocycles. The van der Waals surface area contributed by atoms with E-state index < -0.39 is 5.97 Å². The first-order chi connectivity index (χ1) is 6.77. The Labute approximate surface area is 88.6 Å². The van der Waals surface area contributed by atoms with Crippen LogP contribution >= 0.6 is 11.8 Å². The number of carbonyl (C=O) groups is 1. The second kappa shape index (κ2) is 10.8. The van der Waals surface area contributed by atoms with Gasteiger partial charge in [0.2, 0.25) is 0 Å². The summed E-state index contributed by atoms with van der Waals surface area (Å²) in [4.78, 5) is 10.0. The van der Waals surface area contributed by atoms with Crippen molar-refractivity contribution in [2.24, 2.45) is 0 Å². The lowest BCUT2D eigenvalue weighted by Crippen LogP contribution is -2.22. The molecule has 5 heteroatoms. The molecule has 0 unspecified atom stereocenters. The van der Waals surface area contributed by atoms with E-state index in [1.165, 1.54) is 0 Å². The maximum absolute atomic E-state index is 10.0. The zero-order valence-corrected chi connectivity index (χ0v) is 9.05. The topological polar surface area (TPSA) is 69.6 Å². The minimum Gasteiger partial charge on any atom is -0.550 e. The van der Waals surface area contributed by atoms with E-state index in [1.54, 1.807) is 11.8 Å². The number of aliphatic hydroxyl groups is 1. The van der Waals surface area contributed by atoms with E-state index in [1.807, 2.05) is 0 Å². The highest BCUT2D eigenvalue weighted by Gasteiger charge is 1.92. The molecule has 0 aromatic heterocycles. The molecule has 0 aromatic rings. The summed E-state index contributed by atoms with van der Waals surface area (Å²) in [5, 5.41) is 18.5. The number of aliphatic hydroxyl groups excluding tert-OH is 1. The maximum Gasteiger partial charge on any atom is 0.0487 e. The standard InChI is InChI=1S/C9H18O4S/c10-4-1-5-13-6-2-7-14-8-3-9(11)12/h10H,1-8H2,(H,11,12)/p-1. The van der Waals surface area contributed by atoms with Crippen LogP contribution in [-0.2, 0) is 9.53 Å². The Morgan fingerprint density at radius 2 is 2.00 bits per heavy atom. The molecule has 1 N–H and O–H groups in total. The third-order valence-corrected chi connectivity index (χ3v) is 2.54. The molecule has 14 heavy (non-hydrogen) atoms. The van der Waals surface area contributed by atoms with Gasteiger partial charge in [0.15, 0.2) is 0 Å². The summed E-state index contributed by atoms with van der Waals surface area (Å²) < 4.78 is 5.20. The number of carbonyl (C=O) groups excluding carboxylic acids is 1. The molecule has 0 radical (unpaired) electrons. The molecule has 0 saturated carbocycles. The lowest BCUT2D eigenvalue weighted by atomic mass is 10.5. The van der Waals surface area contributed by atoms with E-state index in [0.717, 1.165) is 12.2 Å². The number of aliphatic carboxylic acids is 1. The minimum atomic E-state index is -0.989. The summed E-state index contributed by atoms with van der Waals surface area (Å²) in [6.45, 7) is 1.44. The Hall–Kier alpha value is -0.260. The third-order valence-electron chi connectivity index (χ3n) is 1.47. The number of thioether (sulfide) groups is 1. The van der Waals surface area contributed by atoms with Gasteiger partial charge >= 0.3 is 0 Å². The fourth-order valence-corrected chi connectivity index (χ4v) is 1.63. The Morgan fingerprint density at radius 3 is 2.64 bits per heavy atom. The van der Waals surface area contributed by atoms with Crippen molar-refractivity contribution in [3.63, 3.8) is 0 Å². The normalized spacial score (nSPS) is 10.4. The molecule has 0 spiro atoms. The van der Waals surface area contributed by atoms with E-state index in [-0.39, 0.29) is 13.0 Å². The van der Waals surface area contributed by atoms with E-state index in [9.17, 15) is 9.90 Å². The number of carboxylic acids is 1. The summed E-state index contributed by atoms with van der Waals surface area (Å²) in [5.74, 6) is 0.530. The van der Waals surface area contributed by atoms with Crippen molar-refractivity contribution in [2.75, 3.05) is 31.3 Å². The van der Waals surface area contributed by atoms with Crippen molar-refractivity contribution >= 4 is 17.7 Å². The molecular weight excluding hydrogens is 204 g/mol. The van der Waals surface area contributed by atoms with Gasteiger partial charge in [0, 0.05) is 25.8 Å². The van der Waals surface area contributed by atoms with Crippen LogP contribution in [0.25, 0.3) is 0 Å². The number of hydrogen-bond acceptors (Lipinski definition) is 5. The van der Waals surface area contributed by atoms with Crippen molar-refractivity contribution in [1.29, 1.82) is 0 Å². The molecule has 4 nitrogen and oxygen atoms in total. The molecule has 84 valence electrons. The Kier molecular flexibility index (Phi) is 10.6. The van der Waals surface area contributed by atoms with Crippen LogP contribution in [0.4, 0.5) is 0 Å². The van der Waals surface area contributed by atoms with Crippen molar-refractivity contribution in [3.05, 3.63) is 0 Å². The number of carboxylic acid groups (broad SMARTS) is 1. The predicted octanol–water partition coefficient (Wildman–Crippen LogP) is -0.351. The van der Waals surface area contributed by atoms with Crippen LogP contribution in [0.2, 0.25) is 0 Å². The highest BCUT2D eigenvalue weighted by molar-refractivity contribution is 7.99. The molecule has 0 amide bonds. The lowest BCUT2D eigenvalue weighted by Gasteiger charge is -2.03. The first-order valence-corrected chi connectivity index (χ1v) is 5.89. The zero-order valence-electron chi connectivity index (χ0n) is 8.24. The second-order valence-corrected chi connectivity index (χ2v) is 4.00. The summed E-state index contributed by atoms with van der Waals surface area (Å²) in [5.41, 5.74) is 0. The Bertz CT molecular complexity index is 141. The van der Waals surface area contributed by atoms with Gasteiger partial charge in [-0.05, 0) is 30.8 Å². The van der Waals surface area contributed by atoms with E-state index in [0.29, 0.717) is 25.4 Å². The van der Waals surface area contributed by atoms with Gasteiger partial charge in [-0.3, -0.25) is 0 Å². The van der Waals surface area contributed by atoms with Crippen LogP contribution in [0, 0.1) is 0 Å². The third kappa shape index (κ3) is 11.7. The molecule has 0 fully saturated rings. The van der Waals surface area contributed by atoms with Crippen LogP contribution in [0.5, 0.6) is 0 Å². The van der Waals surface area contributed by atoms with Crippen molar-refractivity contribution in [2.45, 2.75) is 19.3 Å². The zero-order chi connectivity index (χ0) is 10.6. The van der Waals surface area contributed by atoms with Crippen molar-refractivity contribution < 1.29 is 19.7 Å². The van der Waals surface area contributed by atoms with Crippen molar-refractivity contribution in [3.8, 4) is 0 Å². The van der Waals surface area contributed by atoms with Crippen LogP contribution in [0.3, 0.4) is 0 Å². The van der Waals surface area contributed by atoms with Gasteiger partial charge in [-0.25, -0.2) is 0 Å². The Balaban J connectivity index is 2.88. The van der Waals surface area contributed by atoms with Gasteiger partial charge in [-0.15, -0.1) is 0 Å². The first-order valence-electron chi connectivity index (χ1n) is 4.73. The number of rotatable bonds is 10. The maximum atomic E-state index is 10.0. The fraction of sp³-hybridized carbons (Fsp3) is 0.889. The monoisotopic (exact) mass is 221 g/mol. The van der Waals surface area contributed by atoms with Crippen LogP contribution in [0.15, 0.2) is 0 Å². The summed E-state index contributed by atoms with van der Waals surface area (Å²) in [6, 6.07) is 0. The highest BCUT2D eigenvalue weighted by atomic mass is 32.2.